The van der Waals surface area contributed by atoms with Crippen LogP contribution in [0.1, 0.15) is 31.4 Å². The molecule has 0 saturated carbocycles. The van der Waals surface area contributed by atoms with E-state index in [0.717, 1.165) is 55.7 Å². The van der Waals surface area contributed by atoms with Gasteiger partial charge in [-0.2, -0.15) is 0 Å². The lowest BCUT2D eigenvalue weighted by molar-refractivity contribution is -0.136. The Hall–Kier alpha value is -2.82. The van der Waals surface area contributed by atoms with Crippen molar-refractivity contribution in [1.29, 1.82) is 0 Å². The monoisotopic (exact) mass is 500 g/mol. The van der Waals surface area contributed by atoms with Crippen LogP contribution >= 0.6 is 11.8 Å². The molecule has 0 aliphatic carbocycles. The van der Waals surface area contributed by atoms with Crippen molar-refractivity contribution in [3.8, 4) is 5.75 Å². The van der Waals surface area contributed by atoms with Crippen LogP contribution in [-0.4, -0.2) is 80.5 Å². The van der Waals surface area contributed by atoms with Gasteiger partial charge in [0, 0.05) is 30.9 Å². The zero-order valence-corrected chi connectivity index (χ0v) is 21.2. The van der Waals surface area contributed by atoms with Crippen LogP contribution in [0.25, 0.3) is 0 Å². The molecule has 0 spiro atoms. The standard InChI is InChI=1S/C25H32N4O5S/c1-17-22(24(31)33-3)23(19-7-4-5-8-20(19)32-2)29-18(16-35-25(29)27-17)15-21(30)26-9-6-10-28-11-13-34-14-12-28/h4-5,7-8,16,23H,6,9-15H2,1-3H3,(H,26,30). The number of amides is 1. The number of benzene rings is 1. The van der Waals surface area contributed by atoms with Gasteiger partial charge in [-0.1, -0.05) is 30.0 Å². The van der Waals surface area contributed by atoms with Crippen LogP contribution in [0.3, 0.4) is 0 Å². The molecule has 3 aliphatic rings. The van der Waals surface area contributed by atoms with Gasteiger partial charge in [0.2, 0.25) is 5.91 Å². The van der Waals surface area contributed by atoms with Crippen LogP contribution in [0.2, 0.25) is 0 Å². The number of carbonyl (C=O) groups is 2. The van der Waals surface area contributed by atoms with Crippen LogP contribution < -0.4 is 10.1 Å². The maximum atomic E-state index is 12.8. The highest BCUT2D eigenvalue weighted by molar-refractivity contribution is 8.16. The summed E-state index contributed by atoms with van der Waals surface area (Å²) in [5, 5.41) is 5.69. The number of para-hydroxylation sites is 1. The van der Waals surface area contributed by atoms with Crippen molar-refractivity contribution < 1.29 is 23.8 Å². The molecule has 0 radical (unpaired) electrons. The van der Waals surface area contributed by atoms with Gasteiger partial charge in [0.05, 0.1) is 51.2 Å². The third kappa shape index (κ3) is 5.71. The van der Waals surface area contributed by atoms with Crippen molar-refractivity contribution >= 4 is 28.8 Å². The summed E-state index contributed by atoms with van der Waals surface area (Å²) in [7, 11) is 2.96. The van der Waals surface area contributed by atoms with Gasteiger partial charge in [0.25, 0.3) is 0 Å². The largest absolute Gasteiger partial charge is 0.496 e. The van der Waals surface area contributed by atoms with Gasteiger partial charge >= 0.3 is 5.97 Å². The third-order valence-electron chi connectivity index (χ3n) is 6.26. The van der Waals surface area contributed by atoms with Gasteiger partial charge in [-0.25, -0.2) is 9.79 Å². The fourth-order valence-corrected chi connectivity index (χ4v) is 5.47. The normalized spacial score (nSPS) is 20.2. The van der Waals surface area contributed by atoms with Gasteiger partial charge in [-0.15, -0.1) is 0 Å². The molecule has 10 heteroatoms. The Morgan fingerprint density at radius 3 is 2.74 bits per heavy atom. The minimum Gasteiger partial charge on any atom is -0.496 e. The molecule has 9 nitrogen and oxygen atoms in total. The number of aliphatic imine (C=N–C) groups is 1. The Labute approximate surface area is 210 Å². The zero-order valence-electron chi connectivity index (χ0n) is 20.4. The number of nitrogens with one attached hydrogen (secondary N) is 1. The molecule has 35 heavy (non-hydrogen) atoms. The summed E-state index contributed by atoms with van der Waals surface area (Å²) in [5.74, 6) is 0.131. The molecular weight excluding hydrogens is 468 g/mol. The lowest BCUT2D eigenvalue weighted by Gasteiger charge is -2.36. The van der Waals surface area contributed by atoms with E-state index in [2.05, 4.69) is 15.2 Å². The van der Waals surface area contributed by atoms with Gasteiger partial charge in [-0.05, 0) is 31.4 Å². The maximum Gasteiger partial charge on any atom is 0.338 e. The number of rotatable bonds is 9. The van der Waals surface area contributed by atoms with E-state index >= 15 is 0 Å². The first-order chi connectivity index (χ1) is 17.0. The van der Waals surface area contributed by atoms with Gasteiger partial charge in [-0.3, -0.25) is 9.69 Å². The molecule has 1 aromatic rings. The number of morpholine rings is 1. The summed E-state index contributed by atoms with van der Waals surface area (Å²) in [4.78, 5) is 34.6. The van der Waals surface area contributed by atoms with E-state index in [1.165, 1.54) is 18.9 Å². The van der Waals surface area contributed by atoms with E-state index in [9.17, 15) is 9.59 Å². The summed E-state index contributed by atoms with van der Waals surface area (Å²) in [6.07, 6.45) is 1.07. The summed E-state index contributed by atoms with van der Waals surface area (Å²) in [5.41, 5.74) is 2.61. The SMILES string of the molecule is COC(=O)C1=C(C)N=C2SC=C(CC(=O)NCCCN3CCOCC3)N2C1c1ccccc1OC. The number of thioether (sulfide) groups is 1. The van der Waals surface area contributed by atoms with Crippen molar-refractivity contribution in [3.63, 3.8) is 0 Å². The van der Waals surface area contributed by atoms with Crippen molar-refractivity contribution in [3.05, 3.63) is 52.2 Å². The number of ether oxygens (including phenoxy) is 3. The van der Waals surface area contributed by atoms with E-state index in [0.29, 0.717) is 23.6 Å². The number of carbonyl (C=O) groups excluding carboxylic acids is 2. The number of amidine groups is 1. The maximum absolute atomic E-state index is 12.8. The van der Waals surface area contributed by atoms with Crippen molar-refractivity contribution in [2.24, 2.45) is 4.99 Å². The second kappa shape index (κ2) is 11.7. The number of nitrogens with zero attached hydrogens (tertiary/aromatic N) is 3. The summed E-state index contributed by atoms with van der Waals surface area (Å²) < 4.78 is 16.1. The number of fused-ring (bicyclic) bond motifs is 1. The molecule has 1 amide bonds. The first-order valence-corrected chi connectivity index (χ1v) is 12.6. The van der Waals surface area contributed by atoms with Gasteiger partial charge in [0.1, 0.15) is 5.75 Å². The predicted octanol–water partition coefficient (Wildman–Crippen LogP) is 2.67. The first kappa shape index (κ1) is 25.3. The Morgan fingerprint density at radius 2 is 2.00 bits per heavy atom. The fraction of sp³-hybridized carbons (Fsp3) is 0.480. The number of hydrogen-bond donors (Lipinski definition) is 1. The quantitative estimate of drug-likeness (QED) is 0.409. The molecule has 3 aliphatic heterocycles. The molecule has 1 saturated heterocycles. The number of hydrogen-bond acceptors (Lipinski definition) is 9. The van der Waals surface area contributed by atoms with Crippen molar-refractivity contribution in [2.75, 3.05) is 53.6 Å². The fourth-order valence-electron chi connectivity index (χ4n) is 4.51. The van der Waals surface area contributed by atoms with Gasteiger partial charge < -0.3 is 24.4 Å². The number of allylic oxidation sites excluding steroid dienone is 1. The molecule has 188 valence electrons. The second-order valence-electron chi connectivity index (χ2n) is 8.46. The van der Waals surface area contributed by atoms with E-state index in [-0.39, 0.29) is 12.3 Å². The summed E-state index contributed by atoms with van der Waals surface area (Å²) in [6, 6.07) is 7.06. The minimum atomic E-state index is -0.513. The van der Waals surface area contributed by atoms with E-state index in [1.54, 1.807) is 14.0 Å². The topological polar surface area (TPSA) is 92.7 Å². The number of methoxy groups -OCH3 is 2. The zero-order chi connectivity index (χ0) is 24.8. The molecule has 0 aromatic heterocycles. The Kier molecular flexibility index (Phi) is 8.48. The van der Waals surface area contributed by atoms with Crippen LogP contribution in [0.4, 0.5) is 0 Å². The van der Waals surface area contributed by atoms with Crippen molar-refractivity contribution in [2.45, 2.75) is 25.8 Å². The van der Waals surface area contributed by atoms with Crippen molar-refractivity contribution in [1.82, 2.24) is 15.1 Å². The van der Waals surface area contributed by atoms with Crippen LogP contribution in [0.15, 0.2) is 51.6 Å². The highest BCUT2D eigenvalue weighted by Gasteiger charge is 2.42. The Morgan fingerprint density at radius 1 is 1.23 bits per heavy atom. The highest BCUT2D eigenvalue weighted by atomic mass is 32.2. The average molecular weight is 501 g/mol. The highest BCUT2D eigenvalue weighted by Crippen LogP contribution is 2.46. The minimum absolute atomic E-state index is 0.0650. The van der Waals surface area contributed by atoms with Crippen LogP contribution in [0.5, 0.6) is 5.75 Å². The molecular formula is C25H32N4O5S. The molecule has 1 fully saturated rings. The van der Waals surface area contributed by atoms with E-state index in [1.807, 2.05) is 34.6 Å². The Bertz CT molecular complexity index is 1050. The first-order valence-electron chi connectivity index (χ1n) is 11.8. The van der Waals surface area contributed by atoms with E-state index in [4.69, 9.17) is 14.2 Å². The smallest absolute Gasteiger partial charge is 0.338 e. The lowest BCUT2D eigenvalue weighted by Crippen LogP contribution is -2.39. The summed E-state index contributed by atoms with van der Waals surface area (Å²) in [6.45, 7) is 6.77. The van der Waals surface area contributed by atoms with E-state index < -0.39 is 12.0 Å². The Balaban J connectivity index is 1.49. The molecule has 1 N–H and O–H groups in total. The number of esters is 1. The predicted molar refractivity (Wildman–Crippen MR) is 135 cm³/mol. The molecule has 1 atom stereocenters. The van der Waals surface area contributed by atoms with Crippen LogP contribution in [0, 0.1) is 0 Å². The van der Waals surface area contributed by atoms with Crippen LogP contribution in [-0.2, 0) is 19.1 Å². The molecule has 4 rings (SSSR count). The second-order valence-corrected chi connectivity index (χ2v) is 9.30. The molecule has 1 aromatic carbocycles. The lowest BCUT2D eigenvalue weighted by atomic mass is 9.93. The van der Waals surface area contributed by atoms with Gasteiger partial charge in [0.15, 0.2) is 5.17 Å². The average Bonchev–Trinajstić information content (AvgIpc) is 3.27. The molecule has 3 heterocycles. The third-order valence-corrected chi connectivity index (χ3v) is 7.15. The summed E-state index contributed by atoms with van der Waals surface area (Å²) >= 11 is 1.45. The molecule has 1 unspecified atom stereocenters. The molecule has 0 bridgehead atoms.